The molecule has 0 aliphatic carbocycles. The minimum atomic E-state index is 0.132. The van der Waals surface area contributed by atoms with Crippen LogP contribution in [0.4, 0.5) is 0 Å². The second-order valence-electron chi connectivity index (χ2n) is 10.3. The molecule has 0 nitrogen and oxygen atoms in total. The Morgan fingerprint density at radius 1 is 0.875 bits per heavy atom. The summed E-state index contributed by atoms with van der Waals surface area (Å²) in [4.78, 5) is 0. The van der Waals surface area contributed by atoms with E-state index in [2.05, 4.69) is 96.4 Å². The van der Waals surface area contributed by atoms with Gasteiger partial charge in [-0.25, -0.2) is 0 Å². The van der Waals surface area contributed by atoms with Crippen LogP contribution in [0, 0.1) is 17.8 Å². The standard InChI is InChI=1S/C31H47P/c1-8-27(15-14-25(5)22-31-13-11-10-12-30(31)9-2)23-29-18-16-28(17-19-29)20-21-32(7)26(6)24(3)4/h9-13,16-19,24-27H,2,8,14-15,20-23H2,1,3-7H3. The monoisotopic (exact) mass is 450 g/mol. The van der Waals surface area contributed by atoms with Crippen molar-refractivity contribution < 1.29 is 0 Å². The molecule has 0 N–H and O–H groups in total. The maximum atomic E-state index is 3.97. The van der Waals surface area contributed by atoms with E-state index >= 15 is 0 Å². The lowest BCUT2D eigenvalue weighted by Gasteiger charge is -2.24. The van der Waals surface area contributed by atoms with Crippen LogP contribution in [-0.2, 0) is 19.3 Å². The zero-order chi connectivity index (χ0) is 23.5. The molecule has 0 amide bonds. The Morgan fingerprint density at radius 3 is 2.16 bits per heavy atom. The molecule has 0 spiro atoms. The summed E-state index contributed by atoms with van der Waals surface area (Å²) < 4.78 is 0. The summed E-state index contributed by atoms with van der Waals surface area (Å²) in [6, 6.07) is 18.3. The van der Waals surface area contributed by atoms with E-state index < -0.39 is 0 Å². The van der Waals surface area contributed by atoms with Gasteiger partial charge in [0.2, 0.25) is 0 Å². The Balaban J connectivity index is 1.81. The van der Waals surface area contributed by atoms with Crippen molar-refractivity contribution in [1.82, 2.24) is 0 Å². The number of hydrogen-bond donors (Lipinski definition) is 0. The Kier molecular flexibility index (Phi) is 11.7. The summed E-state index contributed by atoms with van der Waals surface area (Å²) in [5.41, 5.74) is 6.63. The van der Waals surface area contributed by atoms with Crippen LogP contribution in [0.5, 0.6) is 0 Å². The lowest BCUT2D eigenvalue weighted by Crippen LogP contribution is -2.10. The van der Waals surface area contributed by atoms with Crippen molar-refractivity contribution in [3.63, 3.8) is 0 Å². The molecule has 2 aromatic carbocycles. The van der Waals surface area contributed by atoms with Crippen LogP contribution in [0.25, 0.3) is 6.08 Å². The summed E-state index contributed by atoms with van der Waals surface area (Å²) >= 11 is 0. The molecule has 0 fully saturated rings. The highest BCUT2D eigenvalue weighted by Crippen LogP contribution is 2.41. The van der Waals surface area contributed by atoms with Crippen LogP contribution in [-0.4, -0.2) is 18.5 Å². The maximum Gasteiger partial charge on any atom is -0.0217 e. The third-order valence-electron chi connectivity index (χ3n) is 7.45. The highest BCUT2D eigenvalue weighted by Gasteiger charge is 2.15. The molecule has 0 aliphatic heterocycles. The Hall–Kier alpha value is -1.39. The Labute approximate surface area is 200 Å². The zero-order valence-corrected chi connectivity index (χ0v) is 22.5. The van der Waals surface area contributed by atoms with Crippen LogP contribution >= 0.6 is 7.92 Å². The van der Waals surface area contributed by atoms with E-state index in [1.807, 2.05) is 6.08 Å². The van der Waals surface area contributed by atoms with Gasteiger partial charge in [0.15, 0.2) is 0 Å². The third kappa shape index (κ3) is 8.86. The van der Waals surface area contributed by atoms with Crippen LogP contribution in [0.15, 0.2) is 55.1 Å². The van der Waals surface area contributed by atoms with Crippen LogP contribution in [0.1, 0.15) is 76.1 Å². The van der Waals surface area contributed by atoms with Gasteiger partial charge >= 0.3 is 0 Å². The topological polar surface area (TPSA) is 0 Å². The largest absolute Gasteiger partial charge is 0.106 e. The summed E-state index contributed by atoms with van der Waals surface area (Å²) in [6.45, 7) is 18.4. The maximum absolute atomic E-state index is 3.97. The van der Waals surface area contributed by atoms with E-state index in [-0.39, 0.29) is 7.92 Å². The molecule has 0 radical (unpaired) electrons. The van der Waals surface area contributed by atoms with Crippen molar-refractivity contribution in [1.29, 1.82) is 0 Å². The Bertz CT molecular complexity index is 788. The number of benzene rings is 2. The molecule has 0 saturated heterocycles. The van der Waals surface area contributed by atoms with Gasteiger partial charge in [0, 0.05) is 0 Å². The fourth-order valence-corrected chi connectivity index (χ4v) is 6.60. The van der Waals surface area contributed by atoms with Gasteiger partial charge in [-0.1, -0.05) is 109 Å². The fourth-order valence-electron chi connectivity index (χ4n) is 4.56. The van der Waals surface area contributed by atoms with Crippen molar-refractivity contribution in [3.05, 3.63) is 77.4 Å². The van der Waals surface area contributed by atoms with Gasteiger partial charge in [-0.2, -0.15) is 0 Å². The van der Waals surface area contributed by atoms with E-state index in [1.165, 1.54) is 60.5 Å². The first kappa shape index (κ1) is 26.9. The quantitative estimate of drug-likeness (QED) is 0.252. The molecular weight excluding hydrogens is 403 g/mol. The molecule has 1 heteroatoms. The Morgan fingerprint density at radius 2 is 1.53 bits per heavy atom. The highest BCUT2D eigenvalue weighted by molar-refractivity contribution is 7.57. The molecule has 4 unspecified atom stereocenters. The second kappa shape index (κ2) is 14.0. The van der Waals surface area contributed by atoms with Gasteiger partial charge in [-0.05, 0) is 84.2 Å². The first-order valence-corrected chi connectivity index (χ1v) is 14.9. The predicted molar refractivity (Wildman–Crippen MR) is 148 cm³/mol. The van der Waals surface area contributed by atoms with E-state index in [4.69, 9.17) is 0 Å². The fraction of sp³-hybridized carbons (Fsp3) is 0.548. The number of rotatable bonds is 14. The first-order chi connectivity index (χ1) is 15.3. The highest BCUT2D eigenvalue weighted by atomic mass is 31.1. The van der Waals surface area contributed by atoms with E-state index in [0.717, 1.165) is 23.9 Å². The van der Waals surface area contributed by atoms with E-state index in [1.54, 1.807) is 0 Å². The van der Waals surface area contributed by atoms with Gasteiger partial charge in [0.25, 0.3) is 0 Å². The minimum absolute atomic E-state index is 0.132. The van der Waals surface area contributed by atoms with Gasteiger partial charge in [0.05, 0.1) is 0 Å². The molecule has 32 heavy (non-hydrogen) atoms. The average Bonchev–Trinajstić information content (AvgIpc) is 2.80. The molecule has 2 aromatic rings. The smallest absolute Gasteiger partial charge is 0.0217 e. The van der Waals surface area contributed by atoms with Crippen LogP contribution < -0.4 is 0 Å². The lowest BCUT2D eigenvalue weighted by molar-refractivity contribution is 0.396. The summed E-state index contributed by atoms with van der Waals surface area (Å²) in [6.07, 6.45) is 10.9. The normalized spacial score (nSPS) is 15.3. The number of aryl methyl sites for hydroxylation is 1. The molecule has 2 rings (SSSR count). The second-order valence-corrected chi connectivity index (χ2v) is 13.1. The summed E-state index contributed by atoms with van der Waals surface area (Å²) in [5.74, 6) is 2.30. The van der Waals surface area contributed by atoms with Gasteiger partial charge in [0.1, 0.15) is 0 Å². The number of hydrogen-bond acceptors (Lipinski definition) is 0. The van der Waals surface area contributed by atoms with Crippen molar-refractivity contribution >= 4 is 14.0 Å². The molecular formula is C31H47P. The van der Waals surface area contributed by atoms with Crippen molar-refractivity contribution in [2.45, 2.75) is 78.8 Å². The lowest BCUT2D eigenvalue weighted by atomic mass is 9.87. The summed E-state index contributed by atoms with van der Waals surface area (Å²) in [5, 5.41) is 0. The molecule has 0 heterocycles. The minimum Gasteiger partial charge on any atom is -0.106 e. The SMILES string of the molecule is C=Cc1ccccc1CC(C)CCC(CC)Cc1ccc(CCP(C)C(C)C(C)C)cc1. The molecule has 0 bridgehead atoms. The summed E-state index contributed by atoms with van der Waals surface area (Å²) in [7, 11) is 0.132. The van der Waals surface area contributed by atoms with Crippen molar-refractivity contribution in [2.75, 3.05) is 12.8 Å². The van der Waals surface area contributed by atoms with Crippen molar-refractivity contribution in [2.24, 2.45) is 17.8 Å². The van der Waals surface area contributed by atoms with Crippen LogP contribution in [0.2, 0.25) is 0 Å². The molecule has 0 saturated carbocycles. The van der Waals surface area contributed by atoms with E-state index in [0.29, 0.717) is 5.92 Å². The van der Waals surface area contributed by atoms with Gasteiger partial charge in [-0.15, -0.1) is 7.92 Å². The first-order valence-electron chi connectivity index (χ1n) is 12.8. The average molecular weight is 451 g/mol. The molecule has 176 valence electrons. The zero-order valence-electron chi connectivity index (χ0n) is 21.6. The van der Waals surface area contributed by atoms with E-state index in [9.17, 15) is 0 Å². The van der Waals surface area contributed by atoms with Crippen LogP contribution in [0.3, 0.4) is 0 Å². The molecule has 0 aliphatic rings. The van der Waals surface area contributed by atoms with Crippen molar-refractivity contribution in [3.8, 4) is 0 Å². The van der Waals surface area contributed by atoms with Gasteiger partial charge in [-0.3, -0.25) is 0 Å². The molecule has 4 atom stereocenters. The predicted octanol–water partition coefficient (Wildman–Crippen LogP) is 9.26. The molecule has 0 aromatic heterocycles. The van der Waals surface area contributed by atoms with Gasteiger partial charge < -0.3 is 0 Å². The third-order valence-corrected chi connectivity index (χ3v) is 10.4.